The molecule has 26 heavy (non-hydrogen) atoms. The normalized spacial score (nSPS) is 10.4. The smallest absolute Gasteiger partial charge is 0.255 e. The Balaban J connectivity index is 1.65. The standard InChI is InChI=1S/C18H16ClN3O3S/c1-11-16(22-26-21-11)10-25-14-6-3-12(4-7-14)18(23)20-15-9-13(19)5-8-17(15)24-2/h3-9H,10H2,1-2H3,(H,20,23). The van der Waals surface area contributed by atoms with Crippen molar-refractivity contribution in [3.8, 4) is 11.5 Å². The lowest BCUT2D eigenvalue weighted by Gasteiger charge is -2.11. The molecule has 6 nitrogen and oxygen atoms in total. The van der Waals surface area contributed by atoms with Crippen molar-refractivity contribution < 1.29 is 14.3 Å². The number of aromatic nitrogens is 2. The van der Waals surface area contributed by atoms with E-state index in [2.05, 4.69) is 14.1 Å². The predicted octanol–water partition coefficient (Wildman–Crippen LogP) is 4.34. The number of carbonyl (C=O) groups is 1. The highest BCUT2D eigenvalue weighted by Crippen LogP contribution is 2.28. The number of hydrogen-bond acceptors (Lipinski definition) is 6. The maximum Gasteiger partial charge on any atom is 0.255 e. The molecule has 1 N–H and O–H groups in total. The van der Waals surface area contributed by atoms with Crippen LogP contribution in [0.1, 0.15) is 21.7 Å². The molecule has 0 aliphatic carbocycles. The second-order valence-corrected chi connectivity index (χ2v) is 6.37. The highest BCUT2D eigenvalue weighted by atomic mass is 35.5. The van der Waals surface area contributed by atoms with Crippen LogP contribution in [0.15, 0.2) is 42.5 Å². The van der Waals surface area contributed by atoms with E-state index in [0.29, 0.717) is 34.4 Å². The molecule has 0 spiro atoms. The molecule has 0 saturated carbocycles. The molecule has 0 aliphatic heterocycles. The lowest BCUT2D eigenvalue weighted by molar-refractivity contribution is 0.102. The molecule has 0 saturated heterocycles. The molecule has 2 aromatic carbocycles. The molecule has 1 aromatic heterocycles. The summed E-state index contributed by atoms with van der Waals surface area (Å²) in [5.41, 5.74) is 2.68. The number of benzene rings is 2. The average Bonchev–Trinajstić information content (AvgIpc) is 3.05. The van der Waals surface area contributed by atoms with Crippen LogP contribution in [0.4, 0.5) is 5.69 Å². The predicted molar refractivity (Wildman–Crippen MR) is 101 cm³/mol. The molecule has 0 radical (unpaired) electrons. The summed E-state index contributed by atoms with van der Waals surface area (Å²) in [6, 6.07) is 11.9. The number of nitrogens with zero attached hydrogens (tertiary/aromatic N) is 2. The maximum absolute atomic E-state index is 12.4. The first-order chi connectivity index (χ1) is 12.6. The molecular weight excluding hydrogens is 374 g/mol. The molecule has 3 aromatic rings. The quantitative estimate of drug-likeness (QED) is 0.678. The zero-order chi connectivity index (χ0) is 18.5. The van der Waals surface area contributed by atoms with E-state index in [1.165, 1.54) is 7.11 Å². The number of anilines is 1. The first-order valence-electron chi connectivity index (χ1n) is 7.72. The second kappa shape index (κ2) is 8.16. The van der Waals surface area contributed by atoms with E-state index in [4.69, 9.17) is 21.1 Å². The molecule has 3 rings (SSSR count). The summed E-state index contributed by atoms with van der Waals surface area (Å²) in [5, 5.41) is 3.30. The van der Waals surface area contributed by atoms with Crippen LogP contribution in [0.5, 0.6) is 11.5 Å². The van der Waals surface area contributed by atoms with Crippen LogP contribution in [0.25, 0.3) is 0 Å². The van der Waals surface area contributed by atoms with Crippen LogP contribution in [0.2, 0.25) is 5.02 Å². The van der Waals surface area contributed by atoms with Gasteiger partial charge in [0.15, 0.2) is 0 Å². The van der Waals surface area contributed by atoms with Crippen molar-refractivity contribution in [1.82, 2.24) is 8.75 Å². The third kappa shape index (κ3) is 4.30. The number of carbonyl (C=O) groups excluding carboxylic acids is 1. The fourth-order valence-electron chi connectivity index (χ4n) is 2.21. The van der Waals surface area contributed by atoms with Crippen molar-refractivity contribution in [2.45, 2.75) is 13.5 Å². The number of rotatable bonds is 6. The number of ether oxygens (including phenoxy) is 2. The number of halogens is 1. The Bertz CT molecular complexity index is 912. The van der Waals surface area contributed by atoms with Gasteiger partial charge < -0.3 is 14.8 Å². The zero-order valence-corrected chi connectivity index (χ0v) is 15.7. The lowest BCUT2D eigenvalue weighted by Crippen LogP contribution is -2.12. The van der Waals surface area contributed by atoms with Gasteiger partial charge in [0.2, 0.25) is 0 Å². The van der Waals surface area contributed by atoms with Crippen molar-refractivity contribution in [3.05, 3.63) is 64.4 Å². The van der Waals surface area contributed by atoms with E-state index in [1.807, 2.05) is 6.92 Å². The van der Waals surface area contributed by atoms with Crippen molar-refractivity contribution in [2.24, 2.45) is 0 Å². The minimum absolute atomic E-state index is 0.267. The molecule has 8 heteroatoms. The summed E-state index contributed by atoms with van der Waals surface area (Å²) in [4.78, 5) is 12.4. The molecule has 1 amide bonds. The summed E-state index contributed by atoms with van der Waals surface area (Å²) in [7, 11) is 1.53. The number of hydrogen-bond donors (Lipinski definition) is 1. The molecule has 0 unspecified atom stereocenters. The molecule has 134 valence electrons. The maximum atomic E-state index is 12.4. The summed E-state index contributed by atoms with van der Waals surface area (Å²) in [5.74, 6) is 0.917. The van der Waals surface area contributed by atoms with Crippen LogP contribution in [0.3, 0.4) is 0 Å². The Kier molecular flexibility index (Phi) is 5.70. The summed E-state index contributed by atoms with van der Waals surface area (Å²) in [6.07, 6.45) is 0. The van der Waals surface area contributed by atoms with Crippen molar-refractivity contribution in [3.63, 3.8) is 0 Å². The van der Waals surface area contributed by atoms with Crippen molar-refractivity contribution >= 4 is 34.9 Å². The van der Waals surface area contributed by atoms with Gasteiger partial charge in [-0.15, -0.1) is 0 Å². The lowest BCUT2D eigenvalue weighted by atomic mass is 10.2. The van der Waals surface area contributed by atoms with Crippen LogP contribution in [0, 0.1) is 6.92 Å². The van der Waals surface area contributed by atoms with E-state index in [1.54, 1.807) is 42.5 Å². The van der Waals surface area contributed by atoms with E-state index in [9.17, 15) is 4.79 Å². The van der Waals surface area contributed by atoms with Crippen LogP contribution < -0.4 is 14.8 Å². The Hall–Kier alpha value is -2.64. The van der Waals surface area contributed by atoms with Gasteiger partial charge in [0.25, 0.3) is 5.91 Å². The van der Waals surface area contributed by atoms with Crippen LogP contribution in [-0.2, 0) is 6.61 Å². The van der Waals surface area contributed by atoms with E-state index in [-0.39, 0.29) is 5.91 Å². The van der Waals surface area contributed by atoms with Gasteiger partial charge in [0.05, 0.1) is 30.2 Å². The first kappa shape index (κ1) is 18.2. The molecule has 0 bridgehead atoms. The van der Waals surface area contributed by atoms with E-state index in [0.717, 1.165) is 23.1 Å². The molecular formula is C18H16ClN3O3S. The van der Waals surface area contributed by atoms with Gasteiger partial charge in [-0.3, -0.25) is 4.79 Å². The van der Waals surface area contributed by atoms with Crippen molar-refractivity contribution in [1.29, 1.82) is 0 Å². The molecule has 0 aliphatic rings. The monoisotopic (exact) mass is 389 g/mol. The topological polar surface area (TPSA) is 73.3 Å². The van der Waals surface area contributed by atoms with E-state index >= 15 is 0 Å². The third-order valence-corrected chi connectivity index (χ3v) is 4.54. The SMILES string of the molecule is COc1ccc(Cl)cc1NC(=O)c1ccc(OCc2nsnc2C)cc1. The highest BCUT2D eigenvalue weighted by molar-refractivity contribution is 6.99. The van der Waals surface area contributed by atoms with Crippen molar-refractivity contribution in [2.75, 3.05) is 12.4 Å². The van der Waals surface area contributed by atoms with Gasteiger partial charge in [-0.25, -0.2) is 0 Å². The number of amides is 1. The highest BCUT2D eigenvalue weighted by Gasteiger charge is 2.11. The first-order valence-corrected chi connectivity index (χ1v) is 8.83. The summed E-state index contributed by atoms with van der Waals surface area (Å²) >= 11 is 7.14. The Morgan fingerprint density at radius 2 is 1.96 bits per heavy atom. The summed E-state index contributed by atoms with van der Waals surface area (Å²) in [6.45, 7) is 2.23. The van der Waals surface area contributed by atoms with E-state index < -0.39 is 0 Å². The van der Waals surface area contributed by atoms with Gasteiger partial charge in [-0.05, 0) is 49.4 Å². The number of methoxy groups -OCH3 is 1. The third-order valence-electron chi connectivity index (χ3n) is 3.65. The largest absolute Gasteiger partial charge is 0.495 e. The van der Waals surface area contributed by atoms with Gasteiger partial charge in [0.1, 0.15) is 23.8 Å². The minimum atomic E-state index is -0.267. The molecule has 0 atom stereocenters. The number of nitrogens with one attached hydrogen (secondary N) is 1. The van der Waals surface area contributed by atoms with Crippen LogP contribution in [-0.4, -0.2) is 21.8 Å². The van der Waals surface area contributed by atoms with Gasteiger partial charge in [-0.1, -0.05) is 11.6 Å². The minimum Gasteiger partial charge on any atom is -0.495 e. The van der Waals surface area contributed by atoms with Crippen LogP contribution >= 0.6 is 23.3 Å². The molecule has 1 heterocycles. The van der Waals surface area contributed by atoms with Gasteiger partial charge >= 0.3 is 0 Å². The average molecular weight is 390 g/mol. The Labute approximate surface area is 160 Å². The summed E-state index contributed by atoms with van der Waals surface area (Å²) < 4.78 is 19.2. The second-order valence-electron chi connectivity index (χ2n) is 5.41. The number of aryl methyl sites for hydroxylation is 1. The Morgan fingerprint density at radius 3 is 2.62 bits per heavy atom. The fourth-order valence-corrected chi connectivity index (χ4v) is 2.93. The fraction of sp³-hybridized carbons (Fsp3) is 0.167. The van der Waals surface area contributed by atoms with Gasteiger partial charge in [-0.2, -0.15) is 8.75 Å². The van der Waals surface area contributed by atoms with Gasteiger partial charge in [0, 0.05) is 10.6 Å². The molecule has 0 fully saturated rings. The Morgan fingerprint density at radius 1 is 1.19 bits per heavy atom. The zero-order valence-electron chi connectivity index (χ0n) is 14.2.